The van der Waals surface area contributed by atoms with Crippen LogP contribution in [0.5, 0.6) is 5.75 Å². The van der Waals surface area contributed by atoms with Gasteiger partial charge in [-0.25, -0.2) is 12.8 Å². The second-order valence-electron chi connectivity index (χ2n) is 8.12. The number of phenolic OH excluding ortho intramolecular Hbond substituents is 1. The van der Waals surface area contributed by atoms with E-state index in [1.807, 2.05) is 42.5 Å². The van der Waals surface area contributed by atoms with Crippen LogP contribution in [0.15, 0.2) is 83.8 Å². The molecule has 1 fully saturated rings. The van der Waals surface area contributed by atoms with Crippen LogP contribution in [0, 0.1) is 5.82 Å². The summed E-state index contributed by atoms with van der Waals surface area (Å²) < 4.78 is 42.6. The van der Waals surface area contributed by atoms with Crippen LogP contribution in [-0.4, -0.2) is 56.6 Å². The van der Waals surface area contributed by atoms with Crippen molar-refractivity contribution in [1.29, 1.82) is 0 Å². The molecule has 0 aromatic heterocycles. The maximum Gasteiger partial charge on any atom is 0.244 e. The van der Waals surface area contributed by atoms with Crippen molar-refractivity contribution in [2.75, 3.05) is 31.1 Å². The fourth-order valence-electron chi connectivity index (χ4n) is 4.01. The molecule has 0 saturated carbocycles. The van der Waals surface area contributed by atoms with Crippen LogP contribution >= 0.6 is 0 Å². The van der Waals surface area contributed by atoms with E-state index in [1.54, 1.807) is 17.0 Å². The molecule has 34 heavy (non-hydrogen) atoms. The second kappa shape index (κ2) is 10.2. The number of nitrogens with zero attached hydrogens (tertiary/aromatic N) is 2. The van der Waals surface area contributed by atoms with Gasteiger partial charge in [-0.1, -0.05) is 42.5 Å². The fourth-order valence-corrected chi connectivity index (χ4v) is 5.28. The van der Waals surface area contributed by atoms with E-state index in [4.69, 9.17) is 0 Å². The van der Waals surface area contributed by atoms with E-state index in [2.05, 4.69) is 9.62 Å². The second-order valence-corrected chi connectivity index (χ2v) is 9.81. The van der Waals surface area contributed by atoms with Crippen molar-refractivity contribution in [2.45, 2.75) is 17.4 Å². The number of phenols is 1. The molecule has 3 aromatic carbocycles. The summed E-state index contributed by atoms with van der Waals surface area (Å²) >= 11 is 0. The molecular formula is C25H26FN3O4S. The molecule has 3 aromatic rings. The Hall–Kier alpha value is -3.43. The smallest absolute Gasteiger partial charge is 0.244 e. The van der Waals surface area contributed by atoms with Crippen molar-refractivity contribution in [3.05, 3.63) is 90.2 Å². The minimum Gasteiger partial charge on any atom is -0.508 e. The zero-order valence-corrected chi connectivity index (χ0v) is 19.3. The van der Waals surface area contributed by atoms with E-state index in [0.29, 0.717) is 26.2 Å². The van der Waals surface area contributed by atoms with Crippen LogP contribution < -0.4 is 9.62 Å². The summed E-state index contributed by atoms with van der Waals surface area (Å²) in [5.74, 6) is -1.04. The Morgan fingerprint density at radius 1 is 0.912 bits per heavy atom. The molecule has 0 unspecified atom stereocenters. The van der Waals surface area contributed by atoms with E-state index in [-0.39, 0.29) is 18.1 Å². The summed E-state index contributed by atoms with van der Waals surface area (Å²) in [6.07, 6.45) is 0.144. The number of benzene rings is 3. The molecule has 1 atom stereocenters. The van der Waals surface area contributed by atoms with E-state index in [1.165, 1.54) is 18.2 Å². The standard InChI is InChI=1S/C25H26FN3O4S/c26-22-8-4-5-9-24(22)34(32,33)27-23(18-19-6-2-1-3-7-19)25(31)29-16-14-28(15-17-29)20-10-12-21(30)13-11-20/h1-13,23,27,30H,14-18H2/t23-/m0/s1. The number of nitrogens with one attached hydrogen (secondary N) is 1. The maximum absolute atomic E-state index is 14.2. The molecule has 1 aliphatic rings. The van der Waals surface area contributed by atoms with Gasteiger partial charge in [0.05, 0.1) is 0 Å². The van der Waals surface area contributed by atoms with E-state index in [0.717, 1.165) is 17.3 Å². The van der Waals surface area contributed by atoms with Gasteiger partial charge in [-0.05, 0) is 48.4 Å². The van der Waals surface area contributed by atoms with E-state index >= 15 is 0 Å². The molecule has 1 saturated heterocycles. The number of hydrogen-bond acceptors (Lipinski definition) is 5. The van der Waals surface area contributed by atoms with Crippen molar-refractivity contribution in [3.8, 4) is 5.75 Å². The molecule has 1 heterocycles. The molecule has 1 aliphatic heterocycles. The Bertz CT molecular complexity index is 1230. The molecule has 0 radical (unpaired) electrons. The molecule has 1 amide bonds. The Labute approximate surface area is 198 Å². The lowest BCUT2D eigenvalue weighted by atomic mass is 10.1. The Morgan fingerprint density at radius 2 is 1.53 bits per heavy atom. The van der Waals surface area contributed by atoms with Gasteiger partial charge in [0.25, 0.3) is 0 Å². The SMILES string of the molecule is O=C([C@H](Cc1ccccc1)NS(=O)(=O)c1ccccc1F)N1CCN(c2ccc(O)cc2)CC1. The number of carbonyl (C=O) groups is 1. The highest BCUT2D eigenvalue weighted by atomic mass is 32.2. The van der Waals surface area contributed by atoms with Crippen molar-refractivity contribution < 1.29 is 22.7 Å². The van der Waals surface area contributed by atoms with Crippen molar-refractivity contribution in [2.24, 2.45) is 0 Å². The van der Waals surface area contributed by atoms with Crippen molar-refractivity contribution >= 4 is 21.6 Å². The highest BCUT2D eigenvalue weighted by molar-refractivity contribution is 7.89. The van der Waals surface area contributed by atoms with Crippen LogP contribution in [0.1, 0.15) is 5.56 Å². The topological polar surface area (TPSA) is 90.0 Å². The largest absolute Gasteiger partial charge is 0.508 e. The lowest BCUT2D eigenvalue weighted by molar-refractivity contribution is -0.133. The predicted octanol–water partition coefficient (Wildman–Crippen LogP) is 2.77. The van der Waals surface area contributed by atoms with Gasteiger partial charge in [-0.2, -0.15) is 4.72 Å². The molecule has 178 valence electrons. The van der Waals surface area contributed by atoms with Crippen LogP contribution in [0.2, 0.25) is 0 Å². The first-order valence-corrected chi connectivity index (χ1v) is 12.5. The summed E-state index contributed by atoms with van der Waals surface area (Å²) in [6.45, 7) is 1.95. The number of halogens is 1. The van der Waals surface area contributed by atoms with Crippen molar-refractivity contribution in [3.63, 3.8) is 0 Å². The zero-order valence-electron chi connectivity index (χ0n) is 18.5. The van der Waals surface area contributed by atoms with Crippen LogP contribution in [0.3, 0.4) is 0 Å². The third-order valence-electron chi connectivity index (χ3n) is 5.81. The number of sulfonamides is 1. The average molecular weight is 484 g/mol. The summed E-state index contributed by atoms with van der Waals surface area (Å²) in [4.78, 5) is 16.7. The predicted molar refractivity (Wildman–Crippen MR) is 128 cm³/mol. The van der Waals surface area contributed by atoms with Gasteiger partial charge < -0.3 is 14.9 Å². The quantitative estimate of drug-likeness (QED) is 0.540. The number of aromatic hydroxyl groups is 1. The minimum absolute atomic E-state index is 0.144. The minimum atomic E-state index is -4.26. The normalized spacial score (nSPS) is 15.2. The summed E-state index contributed by atoms with van der Waals surface area (Å²) in [7, 11) is -4.26. The fraction of sp³-hybridized carbons (Fsp3) is 0.240. The number of anilines is 1. The Balaban J connectivity index is 1.51. The molecule has 2 N–H and O–H groups in total. The molecule has 4 rings (SSSR count). The van der Waals surface area contributed by atoms with E-state index in [9.17, 15) is 22.7 Å². The highest BCUT2D eigenvalue weighted by Crippen LogP contribution is 2.21. The molecule has 7 nitrogen and oxygen atoms in total. The first-order chi connectivity index (χ1) is 16.3. The number of carbonyl (C=O) groups excluding carboxylic acids is 1. The summed E-state index contributed by atoms with van der Waals surface area (Å²) in [6, 6.07) is 20.0. The highest BCUT2D eigenvalue weighted by Gasteiger charge is 2.32. The first-order valence-electron chi connectivity index (χ1n) is 11.0. The molecular weight excluding hydrogens is 457 g/mol. The average Bonchev–Trinajstić information content (AvgIpc) is 2.84. The van der Waals surface area contributed by atoms with Gasteiger partial charge in [0.15, 0.2) is 0 Å². The monoisotopic (exact) mass is 483 g/mol. The van der Waals surface area contributed by atoms with Gasteiger partial charge in [-0.15, -0.1) is 0 Å². The van der Waals surface area contributed by atoms with Gasteiger partial charge in [0.1, 0.15) is 22.5 Å². The van der Waals surface area contributed by atoms with E-state index < -0.39 is 26.8 Å². The lowest BCUT2D eigenvalue weighted by Gasteiger charge is -2.37. The summed E-state index contributed by atoms with van der Waals surface area (Å²) in [5.41, 5.74) is 1.73. The number of amides is 1. The molecule has 0 aliphatic carbocycles. The number of piperazine rings is 1. The van der Waals surface area contributed by atoms with Crippen LogP contribution in [0.4, 0.5) is 10.1 Å². The third kappa shape index (κ3) is 5.55. The summed E-state index contributed by atoms with van der Waals surface area (Å²) in [5, 5.41) is 9.49. The molecule has 0 bridgehead atoms. The number of hydrogen-bond donors (Lipinski definition) is 2. The van der Waals surface area contributed by atoms with Crippen LogP contribution in [0.25, 0.3) is 0 Å². The molecule has 9 heteroatoms. The van der Waals surface area contributed by atoms with Gasteiger partial charge >= 0.3 is 0 Å². The Kier molecular flexibility index (Phi) is 7.14. The van der Waals surface area contributed by atoms with Crippen molar-refractivity contribution in [1.82, 2.24) is 9.62 Å². The Morgan fingerprint density at radius 3 is 2.18 bits per heavy atom. The third-order valence-corrected chi connectivity index (χ3v) is 7.32. The van der Waals surface area contributed by atoms with Gasteiger partial charge in [-0.3, -0.25) is 4.79 Å². The molecule has 0 spiro atoms. The zero-order chi connectivity index (χ0) is 24.1. The van der Waals surface area contributed by atoms with Crippen LogP contribution in [-0.2, 0) is 21.2 Å². The number of rotatable bonds is 7. The maximum atomic E-state index is 14.2. The first kappa shape index (κ1) is 23.7. The van der Waals surface area contributed by atoms with Gasteiger partial charge in [0.2, 0.25) is 15.9 Å². The lowest BCUT2D eigenvalue weighted by Crippen LogP contribution is -2.55. The van der Waals surface area contributed by atoms with Gasteiger partial charge in [0, 0.05) is 31.9 Å².